The second-order valence-electron chi connectivity index (χ2n) is 27.7. The molecule has 0 bridgehead atoms. The molecule has 0 atom stereocenters. The van der Waals surface area contributed by atoms with Gasteiger partial charge >= 0.3 is 0 Å². The molecule has 0 saturated carbocycles. The van der Waals surface area contributed by atoms with E-state index >= 15 is 0 Å². The van der Waals surface area contributed by atoms with Crippen molar-refractivity contribution in [3.8, 4) is 44.5 Å². The molecule has 480 valence electrons. The second-order valence-corrected chi connectivity index (χ2v) is 27.7. The van der Waals surface area contributed by atoms with Crippen LogP contribution in [0.5, 0.6) is 0 Å². The van der Waals surface area contributed by atoms with Gasteiger partial charge in [0, 0.05) is 33.4 Å². The number of hydrogen-bond acceptors (Lipinski definition) is 2. The Morgan fingerprint density at radius 1 is 0.202 bits per heavy atom. The first-order chi connectivity index (χ1) is 51.6. The highest BCUT2D eigenvalue weighted by Crippen LogP contribution is 2.66. The number of fused-ring (bicyclic) bond motifs is 32. The molecule has 0 saturated heterocycles. The van der Waals surface area contributed by atoms with E-state index in [4.69, 9.17) is 13.1 Å². The number of anilines is 6. The van der Waals surface area contributed by atoms with Gasteiger partial charge in [0.1, 0.15) is 0 Å². The minimum absolute atomic E-state index is 0.395. The summed E-state index contributed by atoms with van der Waals surface area (Å²) >= 11 is 0. The predicted molar refractivity (Wildman–Crippen MR) is 432 cm³/mol. The van der Waals surface area contributed by atoms with E-state index in [1.807, 2.05) is 24.3 Å². The lowest BCUT2D eigenvalue weighted by Crippen LogP contribution is -2.26. The molecule has 18 aromatic carbocycles. The van der Waals surface area contributed by atoms with E-state index in [1.165, 1.54) is 154 Å². The van der Waals surface area contributed by atoms with Crippen LogP contribution in [0.1, 0.15) is 44.5 Å². The molecular formula is C100H60N4. The molecule has 104 heavy (non-hydrogen) atoms. The first-order valence-electron chi connectivity index (χ1n) is 35.6. The summed E-state index contributed by atoms with van der Waals surface area (Å²) in [6.45, 7) is 15.4. The minimum Gasteiger partial charge on any atom is -0.310 e. The molecule has 18 aromatic rings. The Morgan fingerprint density at radius 3 is 0.885 bits per heavy atom. The molecule has 0 radical (unpaired) electrons. The first kappa shape index (κ1) is 59.0. The Balaban J connectivity index is 0.000000134. The maximum atomic E-state index is 7.73. The Hall–Kier alpha value is -13.9. The molecule has 22 rings (SSSR count). The first-order valence-corrected chi connectivity index (χ1v) is 35.6. The lowest BCUT2D eigenvalue weighted by Gasteiger charge is -2.32. The van der Waals surface area contributed by atoms with Gasteiger partial charge in [-0.3, -0.25) is 0 Å². The fourth-order valence-electron chi connectivity index (χ4n) is 19.0. The molecular weight excluding hydrogens is 1260 g/mol. The smallest absolute Gasteiger partial charge is 0.187 e. The zero-order valence-corrected chi connectivity index (χ0v) is 56.4. The van der Waals surface area contributed by atoms with Crippen molar-refractivity contribution in [2.45, 2.75) is 10.8 Å². The molecule has 0 aromatic heterocycles. The van der Waals surface area contributed by atoms with Crippen LogP contribution >= 0.6 is 0 Å². The van der Waals surface area contributed by atoms with Crippen molar-refractivity contribution in [2.24, 2.45) is 0 Å². The van der Waals surface area contributed by atoms with E-state index < -0.39 is 10.8 Å². The highest BCUT2D eigenvalue weighted by molar-refractivity contribution is 6.30. The zero-order chi connectivity index (χ0) is 68.8. The quantitative estimate of drug-likeness (QED) is 0.122. The Bertz CT molecular complexity index is 6600. The second kappa shape index (κ2) is 22.8. The van der Waals surface area contributed by atoms with Gasteiger partial charge in [0.2, 0.25) is 0 Å². The Kier molecular flexibility index (Phi) is 12.9. The summed E-state index contributed by atoms with van der Waals surface area (Å²) < 4.78 is 0. The Morgan fingerprint density at radius 2 is 0.471 bits per heavy atom. The molecule has 0 unspecified atom stereocenters. The van der Waals surface area contributed by atoms with Crippen LogP contribution < -0.4 is 9.80 Å². The molecule has 4 aliphatic carbocycles. The van der Waals surface area contributed by atoms with Gasteiger partial charge in [0.15, 0.2) is 11.4 Å². The standard InChI is InChI=1S/2C50H30N2/c1-51-32-28-30-33(31-29-32)52(46-26-12-21-40-36-15-3-2-14-34(36)35-16-4-5-19-39(35)48(40)46)47-27-13-25-45-49(47)41-20-8-11-24-44(41)50(45)42-22-9-6-17-37(42)38-18-7-10-23-43(38)50;1-51-32-25-27-33(28-26-32)52(48-24-12-20-42-37-14-3-2-13-35(37)36-15-4-5-19-41(36)49(42)48)34-29-30-47-43(31-34)40-18-8-11-23-46(40)50(47)44-21-9-6-16-38(44)39-17-7-10-22-45(39)50/h2*2-31H. The normalized spacial score (nSPS) is 13.1. The van der Waals surface area contributed by atoms with Crippen LogP contribution in [0.4, 0.5) is 45.5 Å². The molecule has 0 aliphatic heterocycles. The van der Waals surface area contributed by atoms with E-state index in [9.17, 15) is 0 Å². The van der Waals surface area contributed by atoms with E-state index in [0.29, 0.717) is 11.4 Å². The van der Waals surface area contributed by atoms with Gasteiger partial charge in [-0.2, -0.15) is 0 Å². The topological polar surface area (TPSA) is 15.2 Å². The van der Waals surface area contributed by atoms with Gasteiger partial charge in [-0.15, -0.1) is 0 Å². The molecule has 0 N–H and O–H groups in total. The lowest BCUT2D eigenvalue weighted by atomic mass is 9.70. The summed E-state index contributed by atoms with van der Waals surface area (Å²) in [5.74, 6) is 0. The third-order valence-electron chi connectivity index (χ3n) is 22.9. The largest absolute Gasteiger partial charge is 0.310 e. The van der Waals surface area contributed by atoms with Crippen LogP contribution in [0.25, 0.3) is 119 Å². The van der Waals surface area contributed by atoms with Crippen LogP contribution in [0, 0.1) is 13.1 Å². The SMILES string of the molecule is [C-]#[N+]c1ccc(N(c2ccc3c(c2)-c2ccccc2C32c3ccccc3-c3ccccc32)c2cccc3c4ccccc4c4ccccc4c23)cc1.[C-]#[N+]c1ccc(N(c2cccc3c2-c2ccccc2C32c3ccccc3-c3ccccc32)c2cccc3c4ccccc4c4ccccc4c23)cc1. The van der Waals surface area contributed by atoms with Gasteiger partial charge in [-0.1, -0.05) is 309 Å². The highest BCUT2D eigenvalue weighted by atomic mass is 15.2. The van der Waals surface area contributed by atoms with Gasteiger partial charge in [0.05, 0.1) is 41.0 Å². The van der Waals surface area contributed by atoms with Gasteiger partial charge < -0.3 is 9.80 Å². The summed E-state index contributed by atoms with van der Waals surface area (Å²) in [5, 5.41) is 14.8. The van der Waals surface area contributed by atoms with E-state index in [2.05, 4.69) is 359 Å². The van der Waals surface area contributed by atoms with Crippen LogP contribution in [0.2, 0.25) is 0 Å². The van der Waals surface area contributed by atoms with Crippen molar-refractivity contribution in [3.05, 3.63) is 431 Å². The van der Waals surface area contributed by atoms with E-state index in [-0.39, 0.29) is 0 Å². The van der Waals surface area contributed by atoms with Gasteiger partial charge in [-0.05, 0) is 192 Å². The number of rotatable bonds is 6. The van der Waals surface area contributed by atoms with Crippen LogP contribution in [0.3, 0.4) is 0 Å². The van der Waals surface area contributed by atoms with Crippen LogP contribution in [0.15, 0.2) is 364 Å². The third kappa shape index (κ3) is 8.11. The summed E-state index contributed by atoms with van der Waals surface area (Å²) in [7, 11) is 0. The van der Waals surface area contributed by atoms with E-state index in [1.54, 1.807) is 0 Å². The molecule has 4 heteroatoms. The number of nitrogens with zero attached hydrogens (tertiary/aromatic N) is 4. The number of benzene rings is 18. The van der Waals surface area contributed by atoms with Crippen molar-refractivity contribution in [1.29, 1.82) is 0 Å². The third-order valence-corrected chi connectivity index (χ3v) is 22.9. The highest BCUT2D eigenvalue weighted by Gasteiger charge is 2.54. The predicted octanol–water partition coefficient (Wildman–Crippen LogP) is 27.0. The summed E-state index contributed by atoms with van der Waals surface area (Å²) in [6.07, 6.45) is 0. The average Bonchev–Trinajstić information content (AvgIpc) is 1.37. The maximum Gasteiger partial charge on any atom is 0.187 e. The summed E-state index contributed by atoms with van der Waals surface area (Å²) in [5.41, 5.74) is 27.6. The fourth-order valence-corrected chi connectivity index (χ4v) is 19.0. The van der Waals surface area contributed by atoms with Crippen molar-refractivity contribution in [3.63, 3.8) is 0 Å². The number of hydrogen-bond donors (Lipinski definition) is 0. The fraction of sp³-hybridized carbons (Fsp3) is 0.0200. The monoisotopic (exact) mass is 1320 g/mol. The lowest BCUT2D eigenvalue weighted by molar-refractivity contribution is 0.794. The minimum atomic E-state index is -0.448. The molecule has 4 nitrogen and oxygen atoms in total. The zero-order valence-electron chi connectivity index (χ0n) is 56.4. The van der Waals surface area contributed by atoms with Crippen LogP contribution in [-0.2, 0) is 10.8 Å². The molecule has 2 spiro atoms. The molecule has 0 heterocycles. The summed E-state index contributed by atoms with van der Waals surface area (Å²) in [6, 6.07) is 132. The molecule has 0 amide bonds. The van der Waals surface area contributed by atoms with Crippen molar-refractivity contribution >= 4 is 110 Å². The average molecular weight is 1320 g/mol. The van der Waals surface area contributed by atoms with Crippen molar-refractivity contribution in [1.82, 2.24) is 0 Å². The van der Waals surface area contributed by atoms with Crippen molar-refractivity contribution < 1.29 is 0 Å². The van der Waals surface area contributed by atoms with Crippen LogP contribution in [-0.4, -0.2) is 0 Å². The Labute approximate surface area is 602 Å². The summed E-state index contributed by atoms with van der Waals surface area (Å²) in [4.78, 5) is 12.3. The van der Waals surface area contributed by atoms with Crippen molar-refractivity contribution in [2.75, 3.05) is 9.80 Å². The maximum absolute atomic E-state index is 7.73. The van der Waals surface area contributed by atoms with Gasteiger partial charge in [-0.25, -0.2) is 9.69 Å². The molecule has 4 aliphatic rings. The van der Waals surface area contributed by atoms with E-state index in [0.717, 1.165) is 34.1 Å². The van der Waals surface area contributed by atoms with Gasteiger partial charge in [0.25, 0.3) is 0 Å². The molecule has 0 fully saturated rings.